The lowest BCUT2D eigenvalue weighted by molar-refractivity contribution is -0.246. The summed E-state index contributed by atoms with van der Waals surface area (Å²) in [5, 5.41) is 2.87. The van der Waals surface area contributed by atoms with E-state index in [1.165, 1.54) is 30.5 Å². The summed E-state index contributed by atoms with van der Waals surface area (Å²) in [7, 11) is -3.85. The van der Waals surface area contributed by atoms with Gasteiger partial charge in [-0.25, -0.2) is 13.4 Å². The van der Waals surface area contributed by atoms with E-state index >= 15 is 0 Å². The second kappa shape index (κ2) is 10.6. The molecule has 4 heterocycles. The third kappa shape index (κ3) is 5.26. The lowest BCUT2D eigenvalue weighted by atomic mass is 9.94. The predicted octanol–water partition coefficient (Wildman–Crippen LogP) is 4.07. The van der Waals surface area contributed by atoms with Gasteiger partial charge in [-0.3, -0.25) is 9.52 Å². The maximum absolute atomic E-state index is 13.7. The molecule has 12 heteroatoms. The molecule has 5 fully saturated rings. The van der Waals surface area contributed by atoms with Crippen molar-refractivity contribution in [3.63, 3.8) is 0 Å². The van der Waals surface area contributed by atoms with Gasteiger partial charge in [0.25, 0.3) is 15.9 Å². The Labute approximate surface area is 239 Å². The summed E-state index contributed by atoms with van der Waals surface area (Å²) < 4.78 is 60.3. The Bertz CT molecular complexity index is 1360. The van der Waals surface area contributed by atoms with Crippen LogP contribution in [0.5, 0.6) is 0 Å². The molecule has 2 saturated carbocycles. The van der Waals surface area contributed by atoms with Crippen LogP contribution in [0.1, 0.15) is 64.2 Å². The molecule has 7 rings (SSSR count). The van der Waals surface area contributed by atoms with E-state index in [2.05, 4.69) is 15.0 Å². The van der Waals surface area contributed by atoms with Gasteiger partial charge in [-0.1, -0.05) is 18.9 Å². The number of fused-ring (bicyclic) bond motifs is 3. The summed E-state index contributed by atoms with van der Waals surface area (Å²) in [6, 6.07) is 10.9. The van der Waals surface area contributed by atoms with Gasteiger partial charge in [0.2, 0.25) is 0 Å². The molecule has 220 valence electrons. The van der Waals surface area contributed by atoms with Crippen LogP contribution in [-0.2, 0) is 38.5 Å². The Hall–Kier alpha value is -2.61. The third-order valence-corrected chi connectivity index (χ3v) is 10.1. The number of aromatic nitrogens is 1. The first kappa shape index (κ1) is 27.2. The van der Waals surface area contributed by atoms with E-state index in [0.717, 1.165) is 64.2 Å². The number of hydrogen-bond acceptors (Lipinski definition) is 9. The van der Waals surface area contributed by atoms with Crippen molar-refractivity contribution < 1.29 is 36.9 Å². The van der Waals surface area contributed by atoms with Crippen molar-refractivity contribution in [2.45, 2.75) is 111 Å². The van der Waals surface area contributed by atoms with Crippen LogP contribution in [0, 0.1) is 0 Å². The van der Waals surface area contributed by atoms with Crippen LogP contribution in [-0.4, -0.2) is 61.6 Å². The molecule has 2 aliphatic carbocycles. The average Bonchev–Trinajstić information content (AvgIpc) is 3.51. The van der Waals surface area contributed by atoms with Gasteiger partial charge < -0.3 is 29.0 Å². The third-order valence-electron chi connectivity index (χ3n) is 8.70. The fourth-order valence-electron chi connectivity index (χ4n) is 6.72. The second-order valence-electron chi connectivity index (χ2n) is 11.6. The van der Waals surface area contributed by atoms with Crippen LogP contribution in [0.15, 0.2) is 53.6 Å². The van der Waals surface area contributed by atoms with Crippen molar-refractivity contribution in [1.29, 1.82) is 0 Å². The molecule has 1 aromatic carbocycles. The van der Waals surface area contributed by atoms with E-state index in [0.29, 0.717) is 5.69 Å². The van der Waals surface area contributed by atoms with Crippen molar-refractivity contribution >= 4 is 27.4 Å². The molecular weight excluding hydrogens is 550 g/mol. The predicted molar refractivity (Wildman–Crippen MR) is 146 cm³/mol. The van der Waals surface area contributed by atoms with Crippen molar-refractivity contribution in [3.8, 4) is 0 Å². The molecule has 2 aromatic rings. The van der Waals surface area contributed by atoms with Crippen LogP contribution in [0.25, 0.3) is 0 Å². The van der Waals surface area contributed by atoms with Gasteiger partial charge in [-0.15, -0.1) is 0 Å². The number of carbonyl (C=O) groups is 1. The van der Waals surface area contributed by atoms with Crippen LogP contribution in [0.2, 0.25) is 0 Å². The molecule has 2 spiro atoms. The fourth-order valence-corrected chi connectivity index (χ4v) is 7.73. The molecule has 1 amide bonds. The van der Waals surface area contributed by atoms with Crippen molar-refractivity contribution in [3.05, 3.63) is 48.7 Å². The van der Waals surface area contributed by atoms with Gasteiger partial charge in [-0.05, 0) is 62.1 Å². The average molecular weight is 586 g/mol. The zero-order chi connectivity index (χ0) is 28.1. The molecule has 5 atom stereocenters. The maximum atomic E-state index is 13.7. The first-order valence-electron chi connectivity index (χ1n) is 14.6. The van der Waals surface area contributed by atoms with Crippen LogP contribution >= 0.6 is 0 Å². The zero-order valence-electron chi connectivity index (χ0n) is 22.7. The number of carbonyl (C=O) groups excluding carboxylic acids is 1. The van der Waals surface area contributed by atoms with Crippen LogP contribution < -0.4 is 10.0 Å². The monoisotopic (exact) mass is 585 g/mol. The molecule has 0 bridgehead atoms. The van der Waals surface area contributed by atoms with Crippen LogP contribution in [0.4, 0.5) is 11.5 Å². The number of pyridine rings is 1. The van der Waals surface area contributed by atoms with Crippen molar-refractivity contribution in [2.24, 2.45) is 0 Å². The van der Waals surface area contributed by atoms with Gasteiger partial charge in [-0.2, -0.15) is 0 Å². The van der Waals surface area contributed by atoms with E-state index < -0.39 is 58.2 Å². The molecule has 3 saturated heterocycles. The number of ether oxygens (including phenoxy) is 5. The Morgan fingerprint density at radius 2 is 1.41 bits per heavy atom. The molecule has 1 aromatic heterocycles. The first-order chi connectivity index (χ1) is 19.8. The number of anilines is 2. The summed E-state index contributed by atoms with van der Waals surface area (Å²) >= 11 is 0. The fraction of sp³-hybridized carbons (Fsp3) is 0.586. The van der Waals surface area contributed by atoms with Gasteiger partial charge >= 0.3 is 0 Å². The minimum atomic E-state index is -3.85. The lowest BCUT2D eigenvalue weighted by Gasteiger charge is -2.36. The topological polar surface area (TPSA) is 134 Å². The number of rotatable bonds is 5. The first-order valence-corrected chi connectivity index (χ1v) is 16.0. The second-order valence-corrected chi connectivity index (χ2v) is 13.2. The number of amides is 1. The Morgan fingerprint density at radius 3 is 2.07 bits per heavy atom. The van der Waals surface area contributed by atoms with E-state index in [1.807, 2.05) is 0 Å². The highest BCUT2D eigenvalue weighted by molar-refractivity contribution is 7.92. The number of nitrogens with zero attached hydrogens (tertiary/aromatic N) is 1. The maximum Gasteiger partial charge on any atom is 0.263 e. The molecule has 11 nitrogen and oxygen atoms in total. The zero-order valence-corrected chi connectivity index (χ0v) is 23.5. The quantitative estimate of drug-likeness (QED) is 0.533. The van der Waals surface area contributed by atoms with Gasteiger partial charge in [0.15, 0.2) is 24.0 Å². The van der Waals surface area contributed by atoms with E-state index in [9.17, 15) is 13.2 Å². The number of sulfonamides is 1. The number of nitrogens with one attached hydrogen (secondary N) is 2. The van der Waals surface area contributed by atoms with Crippen molar-refractivity contribution in [2.75, 3.05) is 10.0 Å². The molecule has 0 unspecified atom stereocenters. The van der Waals surface area contributed by atoms with Gasteiger partial charge in [0.1, 0.15) is 24.1 Å². The molecule has 2 N–H and O–H groups in total. The molecule has 41 heavy (non-hydrogen) atoms. The minimum absolute atomic E-state index is 0.0408. The highest BCUT2D eigenvalue weighted by atomic mass is 32.2. The Morgan fingerprint density at radius 1 is 0.780 bits per heavy atom. The molecule has 5 aliphatic rings. The summed E-state index contributed by atoms with van der Waals surface area (Å²) in [5.41, 5.74) is 0.424. The van der Waals surface area contributed by atoms with Crippen molar-refractivity contribution in [1.82, 2.24) is 4.98 Å². The van der Waals surface area contributed by atoms with E-state index in [-0.39, 0.29) is 10.7 Å². The highest BCUT2D eigenvalue weighted by Gasteiger charge is 2.65. The van der Waals surface area contributed by atoms with Crippen LogP contribution in [0.3, 0.4) is 0 Å². The van der Waals surface area contributed by atoms with Gasteiger partial charge in [0.05, 0.1) is 4.90 Å². The normalized spacial score (nSPS) is 31.9. The SMILES string of the molecule is O=C(Nc1ccc(S(=O)(=O)Nc2ccccn2)cc1)[C@@H]1O[C@@H]2OC3(CCCCC3)O[C@@H]2[C@@H]2OC3(CCCCC3)O[C@H]21. The summed E-state index contributed by atoms with van der Waals surface area (Å²) in [5.74, 6) is -1.65. The molecule has 3 aliphatic heterocycles. The smallest absolute Gasteiger partial charge is 0.263 e. The Balaban J connectivity index is 1.09. The summed E-state index contributed by atoms with van der Waals surface area (Å²) in [6.07, 6.45) is 7.56. The number of hydrogen-bond donors (Lipinski definition) is 2. The molecule has 0 radical (unpaired) electrons. The largest absolute Gasteiger partial charge is 0.341 e. The van der Waals surface area contributed by atoms with E-state index in [4.69, 9.17) is 23.7 Å². The van der Waals surface area contributed by atoms with E-state index in [1.54, 1.807) is 18.2 Å². The minimum Gasteiger partial charge on any atom is -0.341 e. The van der Waals surface area contributed by atoms with Gasteiger partial charge in [0, 0.05) is 37.6 Å². The highest BCUT2D eigenvalue weighted by Crippen LogP contribution is 2.51. The number of benzene rings is 1. The lowest BCUT2D eigenvalue weighted by Crippen LogP contribution is -2.58. The molecular formula is C29H35N3O8S. The summed E-state index contributed by atoms with van der Waals surface area (Å²) in [6.45, 7) is 0. The standard InChI is InChI=1S/C29H35N3O8S/c33-26(31-19-10-12-20(13-11-19)41(34,35)32-21-9-3-8-18-30-21)24-22-23(38-28(37-22)14-4-1-5-15-28)25-27(36-24)40-29(39-25)16-6-2-7-17-29/h3,8-13,18,22-25,27H,1-2,4-7,14-17H2,(H,30,32)(H,31,33)/t22-,23-,24-,25-,27-/m1/s1. The Kier molecular flexibility index (Phi) is 7.03. The summed E-state index contributed by atoms with van der Waals surface area (Å²) in [4.78, 5) is 17.7.